The van der Waals surface area contributed by atoms with Gasteiger partial charge in [0.1, 0.15) is 12.0 Å². The van der Waals surface area contributed by atoms with E-state index in [0.717, 1.165) is 11.1 Å². The number of esters is 1. The summed E-state index contributed by atoms with van der Waals surface area (Å²) < 4.78 is 4.82. The molecular formula is C18H20ClNO4. The molecular weight excluding hydrogens is 330 g/mol. The van der Waals surface area contributed by atoms with Crippen LogP contribution in [0.3, 0.4) is 0 Å². The van der Waals surface area contributed by atoms with Crippen molar-refractivity contribution in [3.8, 4) is 11.1 Å². The summed E-state index contributed by atoms with van der Waals surface area (Å²) in [6.45, 7) is 1.81. The van der Waals surface area contributed by atoms with Crippen molar-refractivity contribution in [2.75, 3.05) is 6.61 Å². The Kier molecular flexibility index (Phi) is 7.42. The molecule has 2 unspecified atom stereocenters. The van der Waals surface area contributed by atoms with E-state index >= 15 is 0 Å². The maximum absolute atomic E-state index is 11.7. The molecule has 0 spiro atoms. The molecule has 0 aromatic heterocycles. The van der Waals surface area contributed by atoms with E-state index in [4.69, 9.17) is 10.5 Å². The molecule has 2 aromatic rings. The summed E-state index contributed by atoms with van der Waals surface area (Å²) >= 11 is 0. The molecule has 0 saturated carbocycles. The number of halogens is 1. The standard InChI is InChI=1S/C18H19NO4.ClH/c1-2-23-18(22)16(19)15(17(20)21)14-10-8-13(9-11-14)12-6-4-3-5-7-12;/h3-11,15-16H,2,19H2,1H3,(H,20,21);1H. The zero-order valence-corrected chi connectivity index (χ0v) is 14.0. The van der Waals surface area contributed by atoms with Gasteiger partial charge in [-0.1, -0.05) is 54.6 Å². The molecule has 0 radical (unpaired) electrons. The van der Waals surface area contributed by atoms with Gasteiger partial charge >= 0.3 is 11.9 Å². The van der Waals surface area contributed by atoms with Crippen LogP contribution in [0.25, 0.3) is 11.1 Å². The highest BCUT2D eigenvalue weighted by Gasteiger charge is 2.33. The number of hydrogen-bond acceptors (Lipinski definition) is 4. The van der Waals surface area contributed by atoms with Gasteiger partial charge in [-0.15, -0.1) is 12.4 Å². The average molecular weight is 350 g/mol. The Morgan fingerprint density at radius 2 is 1.58 bits per heavy atom. The first kappa shape index (κ1) is 19.7. The van der Waals surface area contributed by atoms with Gasteiger partial charge in [0.15, 0.2) is 0 Å². The molecule has 24 heavy (non-hydrogen) atoms. The maximum Gasteiger partial charge on any atom is 0.324 e. The molecule has 0 aliphatic rings. The van der Waals surface area contributed by atoms with Gasteiger partial charge in [-0.3, -0.25) is 9.59 Å². The second kappa shape index (κ2) is 9.05. The van der Waals surface area contributed by atoms with E-state index in [1.165, 1.54) is 0 Å². The molecule has 0 heterocycles. The molecule has 0 saturated heterocycles. The van der Waals surface area contributed by atoms with Crippen LogP contribution < -0.4 is 5.73 Å². The molecule has 2 atom stereocenters. The predicted octanol–water partition coefficient (Wildman–Crippen LogP) is 2.83. The molecule has 2 rings (SSSR count). The number of hydrogen-bond donors (Lipinski definition) is 2. The molecule has 0 amide bonds. The average Bonchev–Trinajstić information content (AvgIpc) is 2.56. The molecule has 3 N–H and O–H groups in total. The van der Waals surface area contributed by atoms with Crippen LogP contribution in [-0.2, 0) is 14.3 Å². The number of rotatable bonds is 6. The Bertz CT molecular complexity index is 673. The summed E-state index contributed by atoms with van der Waals surface area (Å²) in [5.41, 5.74) is 8.23. The molecule has 5 nitrogen and oxygen atoms in total. The van der Waals surface area contributed by atoms with Gasteiger partial charge in [0.2, 0.25) is 0 Å². The fourth-order valence-corrected chi connectivity index (χ4v) is 2.39. The Labute approximate surface area is 146 Å². The van der Waals surface area contributed by atoms with Crippen LogP contribution >= 0.6 is 12.4 Å². The highest BCUT2D eigenvalue weighted by Crippen LogP contribution is 2.25. The molecule has 0 aliphatic heterocycles. The van der Waals surface area contributed by atoms with Crippen LogP contribution in [0.4, 0.5) is 0 Å². The first-order valence-corrected chi connectivity index (χ1v) is 7.35. The number of aliphatic carboxylic acids is 1. The fraction of sp³-hybridized carbons (Fsp3) is 0.222. The van der Waals surface area contributed by atoms with E-state index in [0.29, 0.717) is 5.56 Å². The van der Waals surface area contributed by atoms with Gasteiger partial charge in [-0.25, -0.2) is 0 Å². The summed E-state index contributed by atoms with van der Waals surface area (Å²) in [7, 11) is 0. The van der Waals surface area contributed by atoms with E-state index in [9.17, 15) is 14.7 Å². The van der Waals surface area contributed by atoms with E-state index < -0.39 is 23.9 Å². The van der Waals surface area contributed by atoms with Crippen LogP contribution in [0.2, 0.25) is 0 Å². The third-order valence-corrected chi connectivity index (χ3v) is 3.56. The highest BCUT2D eigenvalue weighted by molar-refractivity contribution is 5.87. The molecule has 0 bridgehead atoms. The summed E-state index contributed by atoms with van der Waals surface area (Å²) in [6.07, 6.45) is 0. The first-order valence-electron chi connectivity index (χ1n) is 7.35. The van der Waals surface area contributed by atoms with Crippen LogP contribution in [0.5, 0.6) is 0 Å². The normalized spacial score (nSPS) is 12.6. The first-order chi connectivity index (χ1) is 11.0. The Morgan fingerprint density at radius 3 is 2.08 bits per heavy atom. The number of carbonyl (C=O) groups is 2. The lowest BCUT2D eigenvalue weighted by molar-refractivity contribution is -0.150. The maximum atomic E-state index is 11.7. The van der Waals surface area contributed by atoms with Gasteiger partial charge in [0.25, 0.3) is 0 Å². The largest absolute Gasteiger partial charge is 0.481 e. The lowest BCUT2D eigenvalue weighted by Crippen LogP contribution is -2.41. The zero-order valence-electron chi connectivity index (χ0n) is 13.2. The van der Waals surface area contributed by atoms with Crippen LogP contribution in [-0.4, -0.2) is 29.7 Å². The minimum atomic E-state index is -1.24. The minimum absolute atomic E-state index is 0. The Balaban J connectivity index is 0.00000288. The van der Waals surface area contributed by atoms with E-state index in [1.54, 1.807) is 19.1 Å². The van der Waals surface area contributed by atoms with Crippen LogP contribution in [0, 0.1) is 0 Å². The minimum Gasteiger partial charge on any atom is -0.481 e. The van der Waals surface area contributed by atoms with E-state index in [-0.39, 0.29) is 19.0 Å². The smallest absolute Gasteiger partial charge is 0.324 e. The van der Waals surface area contributed by atoms with Gasteiger partial charge in [-0.05, 0) is 23.6 Å². The number of carboxylic acids is 1. The molecule has 0 fully saturated rings. The Hall–Kier alpha value is -2.37. The van der Waals surface area contributed by atoms with Crippen molar-refractivity contribution in [1.29, 1.82) is 0 Å². The SMILES string of the molecule is CCOC(=O)C(N)C(C(=O)O)c1ccc(-c2ccccc2)cc1.Cl. The van der Waals surface area contributed by atoms with E-state index in [1.807, 2.05) is 42.5 Å². The second-order valence-electron chi connectivity index (χ2n) is 5.08. The van der Waals surface area contributed by atoms with Crippen molar-refractivity contribution in [2.24, 2.45) is 5.73 Å². The van der Waals surface area contributed by atoms with Crippen LogP contribution in [0.15, 0.2) is 54.6 Å². The summed E-state index contributed by atoms with van der Waals surface area (Å²) in [5, 5.41) is 9.41. The third kappa shape index (κ3) is 4.57. The predicted molar refractivity (Wildman–Crippen MR) is 94.1 cm³/mol. The number of carboxylic acid groups (broad SMARTS) is 1. The quantitative estimate of drug-likeness (QED) is 0.783. The highest BCUT2D eigenvalue weighted by atomic mass is 35.5. The number of benzene rings is 2. The zero-order chi connectivity index (χ0) is 16.8. The van der Waals surface area contributed by atoms with Gasteiger partial charge in [0.05, 0.1) is 6.61 Å². The summed E-state index contributed by atoms with van der Waals surface area (Å²) in [5.74, 6) is -3.01. The number of nitrogens with two attached hydrogens (primary N) is 1. The summed E-state index contributed by atoms with van der Waals surface area (Å²) in [6, 6.07) is 15.5. The Morgan fingerprint density at radius 1 is 1.04 bits per heavy atom. The van der Waals surface area contributed by atoms with Crippen molar-refractivity contribution in [3.05, 3.63) is 60.2 Å². The lowest BCUT2D eigenvalue weighted by Gasteiger charge is -2.19. The van der Waals surface area contributed by atoms with Gasteiger partial charge < -0.3 is 15.6 Å². The number of carbonyl (C=O) groups excluding carboxylic acids is 1. The van der Waals surface area contributed by atoms with Crippen molar-refractivity contribution in [2.45, 2.75) is 18.9 Å². The molecule has 6 heteroatoms. The van der Waals surface area contributed by atoms with Crippen molar-refractivity contribution >= 4 is 24.3 Å². The fourth-order valence-electron chi connectivity index (χ4n) is 2.39. The van der Waals surface area contributed by atoms with E-state index in [2.05, 4.69) is 0 Å². The number of ether oxygens (including phenoxy) is 1. The topological polar surface area (TPSA) is 89.6 Å². The van der Waals surface area contributed by atoms with Crippen molar-refractivity contribution in [3.63, 3.8) is 0 Å². The second-order valence-corrected chi connectivity index (χ2v) is 5.08. The van der Waals surface area contributed by atoms with Crippen LogP contribution in [0.1, 0.15) is 18.4 Å². The van der Waals surface area contributed by atoms with Gasteiger partial charge in [-0.2, -0.15) is 0 Å². The lowest BCUT2D eigenvalue weighted by atomic mass is 9.90. The van der Waals surface area contributed by atoms with Gasteiger partial charge in [0, 0.05) is 0 Å². The molecule has 0 aliphatic carbocycles. The summed E-state index contributed by atoms with van der Waals surface area (Å²) in [4.78, 5) is 23.3. The van der Waals surface area contributed by atoms with Crippen molar-refractivity contribution < 1.29 is 19.4 Å². The van der Waals surface area contributed by atoms with Crippen molar-refractivity contribution in [1.82, 2.24) is 0 Å². The third-order valence-electron chi connectivity index (χ3n) is 3.56. The molecule has 2 aromatic carbocycles. The monoisotopic (exact) mass is 349 g/mol. The molecule has 128 valence electrons.